The zero-order valence-electron chi connectivity index (χ0n) is 19.2. The van der Waals surface area contributed by atoms with Crippen molar-refractivity contribution in [2.75, 3.05) is 0 Å². The predicted octanol–water partition coefficient (Wildman–Crippen LogP) is 4.27. The molecule has 3 aromatic carbocycles. The van der Waals surface area contributed by atoms with E-state index in [9.17, 15) is 18.0 Å². The first kappa shape index (κ1) is 22.4. The minimum atomic E-state index is -3.97. The van der Waals surface area contributed by atoms with E-state index < -0.39 is 21.6 Å². The molecule has 180 valence electrons. The number of ketones is 1. The van der Waals surface area contributed by atoms with Crippen molar-refractivity contribution in [1.82, 2.24) is 14.8 Å². The van der Waals surface area contributed by atoms with Gasteiger partial charge in [0.05, 0.1) is 20.9 Å². The molecule has 0 spiro atoms. The first-order valence-electron chi connectivity index (χ1n) is 11.7. The minimum Gasteiger partial charge on any atom is -0.422 e. The molecule has 1 aromatic heterocycles. The smallest absolute Gasteiger partial charge is 0.343 e. The third-order valence-corrected chi connectivity index (χ3v) is 8.46. The van der Waals surface area contributed by atoms with Crippen molar-refractivity contribution in [2.45, 2.75) is 42.0 Å². The summed E-state index contributed by atoms with van der Waals surface area (Å²) in [5, 5.41) is 8.70. The van der Waals surface area contributed by atoms with E-state index in [0.717, 1.165) is 38.1 Å². The molecule has 0 bridgehead atoms. The largest absolute Gasteiger partial charge is 0.422 e. The van der Waals surface area contributed by atoms with E-state index in [-0.39, 0.29) is 26.5 Å². The van der Waals surface area contributed by atoms with Crippen molar-refractivity contribution in [3.8, 4) is 17.1 Å². The van der Waals surface area contributed by atoms with E-state index in [1.54, 1.807) is 24.3 Å². The van der Waals surface area contributed by atoms with Crippen LogP contribution in [0.1, 0.15) is 51.4 Å². The Labute approximate surface area is 207 Å². The van der Waals surface area contributed by atoms with Crippen LogP contribution in [0.25, 0.3) is 11.4 Å². The molecule has 3 heterocycles. The van der Waals surface area contributed by atoms with E-state index in [0.29, 0.717) is 17.1 Å². The highest BCUT2D eigenvalue weighted by Gasteiger charge is 2.35. The Morgan fingerprint density at radius 2 is 1.58 bits per heavy atom. The second kappa shape index (κ2) is 8.53. The molecule has 0 unspecified atom stereocenters. The maximum absolute atomic E-state index is 13.2. The first-order chi connectivity index (χ1) is 17.4. The van der Waals surface area contributed by atoms with Crippen LogP contribution < -0.4 is 4.74 Å². The topological polar surface area (TPSA) is 108 Å². The number of hydrogen-bond acceptors (Lipinski definition) is 7. The number of carbonyl (C=O) groups is 2. The van der Waals surface area contributed by atoms with Crippen molar-refractivity contribution in [3.05, 3.63) is 89.2 Å². The molecule has 0 saturated carbocycles. The summed E-state index contributed by atoms with van der Waals surface area (Å²) in [6.07, 6.45) is 4.04. The van der Waals surface area contributed by atoms with Crippen LogP contribution in [0.2, 0.25) is 0 Å². The van der Waals surface area contributed by atoms with E-state index >= 15 is 0 Å². The molecule has 6 rings (SSSR count). The van der Waals surface area contributed by atoms with Crippen molar-refractivity contribution in [2.24, 2.45) is 0 Å². The van der Waals surface area contributed by atoms with Gasteiger partial charge in [-0.15, -0.1) is 10.2 Å². The van der Waals surface area contributed by atoms with E-state index in [1.807, 2.05) is 12.1 Å². The third kappa shape index (κ3) is 3.54. The summed E-state index contributed by atoms with van der Waals surface area (Å²) >= 11 is 0. The van der Waals surface area contributed by atoms with E-state index in [4.69, 9.17) is 4.74 Å². The summed E-state index contributed by atoms with van der Waals surface area (Å²) in [5.74, 6) is 0.707. The maximum Gasteiger partial charge on any atom is 0.343 e. The molecule has 4 aromatic rings. The molecule has 0 saturated heterocycles. The average molecular weight is 500 g/mol. The fraction of sp³-hybridized carbons (Fsp3) is 0.185. The van der Waals surface area contributed by atoms with Gasteiger partial charge in [-0.05, 0) is 55.3 Å². The van der Waals surface area contributed by atoms with E-state index in [2.05, 4.69) is 14.8 Å². The SMILES string of the molecule is O=C(Oc1ccccc1-c1nnc2n1CCCCC2)c1ccc2c(c1)S(=O)(=O)c1ccccc1C2=O. The van der Waals surface area contributed by atoms with Crippen molar-refractivity contribution in [3.63, 3.8) is 0 Å². The Kier molecular flexibility index (Phi) is 5.30. The number of ether oxygens (including phenoxy) is 1. The zero-order chi connectivity index (χ0) is 24.9. The number of rotatable bonds is 3. The molecule has 2 aliphatic heterocycles. The van der Waals surface area contributed by atoms with Crippen LogP contribution in [0.15, 0.2) is 76.5 Å². The second-order valence-electron chi connectivity index (χ2n) is 8.83. The van der Waals surface area contributed by atoms with Gasteiger partial charge in [0.15, 0.2) is 11.6 Å². The van der Waals surface area contributed by atoms with Crippen LogP contribution in [-0.2, 0) is 22.8 Å². The van der Waals surface area contributed by atoms with Crippen LogP contribution in [0, 0.1) is 0 Å². The number of sulfone groups is 1. The van der Waals surface area contributed by atoms with Crippen LogP contribution in [0.4, 0.5) is 0 Å². The Balaban J connectivity index is 1.36. The van der Waals surface area contributed by atoms with E-state index in [1.165, 1.54) is 30.3 Å². The van der Waals surface area contributed by atoms with Crippen LogP contribution in [0.5, 0.6) is 5.75 Å². The lowest BCUT2D eigenvalue weighted by Gasteiger charge is -2.19. The number of carbonyl (C=O) groups excluding carboxylic acids is 2. The Morgan fingerprint density at radius 3 is 2.44 bits per heavy atom. The predicted molar refractivity (Wildman–Crippen MR) is 130 cm³/mol. The standard InChI is InChI=1S/C27H21N3O5S/c31-25-19-9-4-6-11-22(19)36(33,34)23-16-17(13-14-20(23)25)27(32)35-21-10-5-3-8-18(21)26-29-28-24-12-2-1-7-15-30(24)26/h3-6,8-11,13-14,16H,1-2,7,12,15H2. The molecule has 36 heavy (non-hydrogen) atoms. The number of aromatic nitrogens is 3. The lowest BCUT2D eigenvalue weighted by atomic mass is 10.0. The van der Waals surface area contributed by atoms with Gasteiger partial charge < -0.3 is 9.30 Å². The summed E-state index contributed by atoms with van der Waals surface area (Å²) in [7, 11) is -3.97. The molecule has 0 amide bonds. The quantitative estimate of drug-likeness (QED) is 0.269. The van der Waals surface area contributed by atoms with Gasteiger partial charge in [0.1, 0.15) is 11.6 Å². The second-order valence-corrected chi connectivity index (χ2v) is 10.7. The normalized spacial score (nSPS) is 15.8. The first-order valence-corrected chi connectivity index (χ1v) is 13.2. The molecule has 0 aliphatic carbocycles. The summed E-state index contributed by atoms with van der Waals surface area (Å²) in [6, 6.07) is 17.1. The molecule has 2 aliphatic rings. The van der Waals surface area contributed by atoms with Gasteiger partial charge in [0.25, 0.3) is 0 Å². The number of fused-ring (bicyclic) bond motifs is 3. The maximum atomic E-state index is 13.2. The number of aryl methyl sites for hydroxylation is 1. The Bertz CT molecular complexity index is 1660. The summed E-state index contributed by atoms with van der Waals surface area (Å²) < 4.78 is 34.2. The van der Waals surface area contributed by atoms with Gasteiger partial charge in [-0.3, -0.25) is 4.79 Å². The van der Waals surface area contributed by atoms with Gasteiger partial charge >= 0.3 is 5.97 Å². The summed E-state index contributed by atoms with van der Waals surface area (Å²) in [6.45, 7) is 0.790. The molecular formula is C27H21N3O5S. The zero-order valence-corrected chi connectivity index (χ0v) is 20.0. The molecular weight excluding hydrogens is 478 g/mol. The Morgan fingerprint density at radius 1 is 0.833 bits per heavy atom. The van der Waals surface area contributed by atoms with Crippen molar-refractivity contribution >= 4 is 21.6 Å². The number of nitrogens with zero attached hydrogens (tertiary/aromatic N) is 3. The van der Waals surface area contributed by atoms with Crippen molar-refractivity contribution in [1.29, 1.82) is 0 Å². The number of hydrogen-bond donors (Lipinski definition) is 0. The monoisotopic (exact) mass is 499 g/mol. The highest BCUT2D eigenvalue weighted by Crippen LogP contribution is 2.36. The summed E-state index contributed by atoms with van der Waals surface area (Å²) in [4.78, 5) is 25.8. The molecule has 0 radical (unpaired) electrons. The van der Waals surface area contributed by atoms with Crippen LogP contribution in [0.3, 0.4) is 0 Å². The van der Waals surface area contributed by atoms with Crippen LogP contribution >= 0.6 is 0 Å². The van der Waals surface area contributed by atoms with Gasteiger partial charge in [0.2, 0.25) is 9.84 Å². The average Bonchev–Trinajstić information content (AvgIpc) is 3.15. The van der Waals surface area contributed by atoms with Gasteiger partial charge in [-0.25, -0.2) is 13.2 Å². The lowest BCUT2D eigenvalue weighted by molar-refractivity contribution is 0.0734. The number of benzene rings is 3. The lowest BCUT2D eigenvalue weighted by Crippen LogP contribution is -2.21. The van der Waals surface area contributed by atoms with Gasteiger partial charge in [-0.1, -0.05) is 30.7 Å². The van der Waals surface area contributed by atoms with Gasteiger partial charge in [-0.2, -0.15) is 0 Å². The molecule has 0 fully saturated rings. The molecule has 8 nitrogen and oxygen atoms in total. The number of esters is 1. The third-order valence-electron chi connectivity index (χ3n) is 6.61. The highest BCUT2D eigenvalue weighted by molar-refractivity contribution is 7.91. The highest BCUT2D eigenvalue weighted by atomic mass is 32.2. The van der Waals surface area contributed by atoms with Crippen LogP contribution in [-0.4, -0.2) is 34.9 Å². The minimum absolute atomic E-state index is 0.0272. The molecule has 0 atom stereocenters. The summed E-state index contributed by atoms with van der Waals surface area (Å²) in [5.41, 5.74) is 0.819. The fourth-order valence-corrected chi connectivity index (χ4v) is 6.47. The fourth-order valence-electron chi connectivity index (χ4n) is 4.79. The number of para-hydroxylation sites is 1. The van der Waals surface area contributed by atoms with Crippen molar-refractivity contribution < 1.29 is 22.7 Å². The Hall–Kier alpha value is -4.11. The van der Waals surface area contributed by atoms with Gasteiger partial charge in [0, 0.05) is 24.1 Å². The molecule has 0 N–H and O–H groups in total. The molecule has 9 heteroatoms.